The van der Waals surface area contributed by atoms with Gasteiger partial charge >= 0.3 is 0 Å². The van der Waals surface area contributed by atoms with Crippen molar-refractivity contribution in [3.8, 4) is 17.1 Å². The van der Waals surface area contributed by atoms with Gasteiger partial charge in [-0.15, -0.1) is 0 Å². The molecule has 7 nitrogen and oxygen atoms in total. The van der Waals surface area contributed by atoms with Gasteiger partial charge in [-0.25, -0.2) is 0 Å². The molecule has 174 valence electrons. The molecule has 0 bridgehead atoms. The molecule has 2 aromatic carbocycles. The Bertz CT molecular complexity index is 1090. The number of carbonyl (C=O) groups excluding carboxylic acids is 1. The molecule has 1 N–H and O–H groups in total. The van der Waals surface area contributed by atoms with E-state index in [0.717, 1.165) is 37.2 Å². The number of hydrogen-bond donors (Lipinski definition) is 1. The number of carbonyl (C=O) groups is 1. The summed E-state index contributed by atoms with van der Waals surface area (Å²) < 4.78 is 10.7. The van der Waals surface area contributed by atoms with Crippen molar-refractivity contribution in [2.75, 3.05) is 20.2 Å². The molecule has 33 heavy (non-hydrogen) atoms. The highest BCUT2D eigenvalue weighted by Crippen LogP contribution is 2.24. The van der Waals surface area contributed by atoms with Crippen LogP contribution in [0.15, 0.2) is 47.0 Å². The first kappa shape index (κ1) is 23.0. The molecule has 1 unspecified atom stereocenters. The van der Waals surface area contributed by atoms with Crippen LogP contribution in [-0.4, -0.2) is 41.1 Å². The number of benzene rings is 2. The molecule has 2 heterocycles. The number of aromatic nitrogens is 2. The minimum Gasteiger partial charge on any atom is -0.497 e. The molecule has 0 radical (unpaired) electrons. The third-order valence-corrected chi connectivity index (χ3v) is 6.39. The van der Waals surface area contributed by atoms with E-state index in [9.17, 15) is 4.79 Å². The third kappa shape index (κ3) is 5.60. The van der Waals surface area contributed by atoms with Crippen LogP contribution in [0.1, 0.15) is 48.4 Å². The van der Waals surface area contributed by atoms with Crippen LogP contribution in [-0.2, 0) is 11.3 Å². The predicted molar refractivity (Wildman–Crippen MR) is 127 cm³/mol. The van der Waals surface area contributed by atoms with E-state index in [-0.39, 0.29) is 17.9 Å². The Labute approximate surface area is 195 Å². The summed E-state index contributed by atoms with van der Waals surface area (Å²) in [6.07, 6.45) is 1.65. The van der Waals surface area contributed by atoms with Crippen molar-refractivity contribution in [2.24, 2.45) is 5.92 Å². The Hall–Kier alpha value is -3.19. The van der Waals surface area contributed by atoms with E-state index in [0.29, 0.717) is 18.3 Å². The maximum absolute atomic E-state index is 12.9. The highest BCUT2D eigenvalue weighted by molar-refractivity contribution is 5.79. The van der Waals surface area contributed by atoms with Crippen LogP contribution in [0.2, 0.25) is 0 Å². The van der Waals surface area contributed by atoms with E-state index in [1.165, 1.54) is 16.7 Å². The molecule has 1 aromatic heterocycles. The molecule has 0 saturated carbocycles. The van der Waals surface area contributed by atoms with E-state index in [4.69, 9.17) is 9.26 Å². The average Bonchev–Trinajstić information content (AvgIpc) is 3.29. The lowest BCUT2D eigenvalue weighted by molar-refractivity contribution is -0.127. The monoisotopic (exact) mass is 448 g/mol. The third-order valence-electron chi connectivity index (χ3n) is 6.39. The quantitative estimate of drug-likeness (QED) is 0.575. The summed E-state index contributed by atoms with van der Waals surface area (Å²) in [5, 5.41) is 7.33. The Morgan fingerprint density at radius 3 is 2.61 bits per heavy atom. The molecular weight excluding hydrogens is 416 g/mol. The lowest BCUT2D eigenvalue weighted by Crippen LogP contribution is -2.41. The maximum atomic E-state index is 12.9. The summed E-state index contributed by atoms with van der Waals surface area (Å²) in [4.78, 5) is 19.7. The Morgan fingerprint density at radius 1 is 1.18 bits per heavy atom. The van der Waals surface area contributed by atoms with E-state index < -0.39 is 0 Å². The first-order valence-electron chi connectivity index (χ1n) is 11.5. The molecule has 1 amide bonds. The van der Waals surface area contributed by atoms with Gasteiger partial charge in [-0.05, 0) is 82.1 Å². The predicted octanol–water partition coefficient (Wildman–Crippen LogP) is 4.45. The summed E-state index contributed by atoms with van der Waals surface area (Å²) in [6.45, 7) is 8.48. The zero-order chi connectivity index (χ0) is 23.4. The highest BCUT2D eigenvalue weighted by atomic mass is 16.5. The largest absolute Gasteiger partial charge is 0.497 e. The van der Waals surface area contributed by atoms with Crippen molar-refractivity contribution in [1.82, 2.24) is 20.4 Å². The minimum absolute atomic E-state index is 0.00481. The van der Waals surface area contributed by atoms with Crippen molar-refractivity contribution in [1.29, 1.82) is 0 Å². The molecule has 7 heteroatoms. The fraction of sp³-hybridized carbons (Fsp3) is 0.423. The lowest BCUT2D eigenvalue weighted by atomic mass is 9.94. The van der Waals surface area contributed by atoms with Gasteiger partial charge in [-0.1, -0.05) is 28.9 Å². The second-order valence-corrected chi connectivity index (χ2v) is 8.88. The zero-order valence-electron chi connectivity index (χ0n) is 19.8. The molecular formula is C26H32N4O3. The van der Waals surface area contributed by atoms with Crippen LogP contribution in [0.3, 0.4) is 0 Å². The number of amides is 1. The highest BCUT2D eigenvalue weighted by Gasteiger charge is 2.27. The lowest BCUT2D eigenvalue weighted by Gasteiger charge is -2.31. The van der Waals surface area contributed by atoms with Gasteiger partial charge in [0, 0.05) is 11.5 Å². The van der Waals surface area contributed by atoms with E-state index >= 15 is 0 Å². The summed E-state index contributed by atoms with van der Waals surface area (Å²) in [5.41, 5.74) is 4.49. The topological polar surface area (TPSA) is 80.5 Å². The van der Waals surface area contributed by atoms with Gasteiger partial charge in [0.05, 0.1) is 19.7 Å². The number of nitrogens with one attached hydrogen (secondary N) is 1. The fourth-order valence-electron chi connectivity index (χ4n) is 4.36. The first-order chi connectivity index (χ1) is 15.9. The summed E-state index contributed by atoms with van der Waals surface area (Å²) in [7, 11) is 1.64. The summed E-state index contributed by atoms with van der Waals surface area (Å²) in [5.74, 6) is 2.13. The second kappa shape index (κ2) is 10.2. The second-order valence-electron chi connectivity index (χ2n) is 8.88. The van der Waals surface area contributed by atoms with Crippen molar-refractivity contribution < 1.29 is 14.1 Å². The molecule has 3 aromatic rings. The van der Waals surface area contributed by atoms with Crippen LogP contribution < -0.4 is 10.1 Å². The number of methoxy groups -OCH3 is 1. The molecule has 1 aliphatic rings. The Morgan fingerprint density at radius 2 is 1.91 bits per heavy atom. The van der Waals surface area contributed by atoms with Gasteiger partial charge < -0.3 is 14.6 Å². The smallest absolute Gasteiger partial charge is 0.241 e. The first-order valence-corrected chi connectivity index (χ1v) is 11.5. The fourth-order valence-corrected chi connectivity index (χ4v) is 4.36. The number of nitrogens with zero attached hydrogens (tertiary/aromatic N) is 3. The number of likely N-dealkylation sites (tertiary alicyclic amines) is 1. The molecule has 0 aliphatic carbocycles. The van der Waals surface area contributed by atoms with Gasteiger partial charge in [-0.3, -0.25) is 9.69 Å². The maximum Gasteiger partial charge on any atom is 0.241 e. The Balaban J connectivity index is 1.28. The van der Waals surface area contributed by atoms with E-state index in [2.05, 4.69) is 59.3 Å². The molecule has 4 rings (SSSR count). The number of rotatable bonds is 7. The van der Waals surface area contributed by atoms with Crippen LogP contribution in [0.5, 0.6) is 5.75 Å². The summed E-state index contributed by atoms with van der Waals surface area (Å²) in [6, 6.07) is 14.0. The SMILES string of the molecule is COc1ccc(-c2noc(CN3CCC(C(=O)NC(C)c4cc(C)ccc4C)CC3)n2)cc1. The molecule has 1 fully saturated rings. The average molecular weight is 449 g/mol. The molecule has 1 aliphatic heterocycles. The summed E-state index contributed by atoms with van der Waals surface area (Å²) >= 11 is 0. The standard InChI is InChI=1S/C26H32N4O3/c1-17-5-6-18(2)23(15-17)19(3)27-26(31)21-11-13-30(14-12-21)16-24-28-25(29-33-24)20-7-9-22(32-4)10-8-20/h5-10,15,19,21H,11-14,16H2,1-4H3,(H,27,31). The van der Waals surface area contributed by atoms with Gasteiger partial charge in [0.25, 0.3) is 0 Å². The van der Waals surface area contributed by atoms with Crippen LogP contribution in [0.4, 0.5) is 0 Å². The van der Waals surface area contributed by atoms with Gasteiger partial charge in [-0.2, -0.15) is 4.98 Å². The normalized spacial score (nSPS) is 15.9. The molecule has 0 spiro atoms. The van der Waals surface area contributed by atoms with Gasteiger partial charge in [0.1, 0.15) is 5.75 Å². The Kier molecular flexibility index (Phi) is 7.08. The van der Waals surface area contributed by atoms with Crippen LogP contribution in [0.25, 0.3) is 11.4 Å². The number of aryl methyl sites for hydroxylation is 2. The minimum atomic E-state index is 0.00481. The number of piperidine rings is 1. The van der Waals surface area contributed by atoms with Gasteiger partial charge in [0.2, 0.25) is 17.6 Å². The van der Waals surface area contributed by atoms with E-state index in [1.807, 2.05) is 24.3 Å². The number of ether oxygens (including phenoxy) is 1. The van der Waals surface area contributed by atoms with Crippen molar-refractivity contribution in [3.63, 3.8) is 0 Å². The van der Waals surface area contributed by atoms with Gasteiger partial charge in [0.15, 0.2) is 0 Å². The zero-order valence-corrected chi connectivity index (χ0v) is 19.8. The van der Waals surface area contributed by atoms with Crippen molar-refractivity contribution >= 4 is 5.91 Å². The van der Waals surface area contributed by atoms with Crippen LogP contribution >= 0.6 is 0 Å². The van der Waals surface area contributed by atoms with Crippen LogP contribution in [0, 0.1) is 19.8 Å². The van der Waals surface area contributed by atoms with Crippen molar-refractivity contribution in [2.45, 2.75) is 46.2 Å². The molecule has 1 atom stereocenters. The van der Waals surface area contributed by atoms with E-state index in [1.54, 1.807) is 7.11 Å². The molecule has 1 saturated heterocycles. The van der Waals surface area contributed by atoms with Crippen molar-refractivity contribution in [3.05, 3.63) is 65.0 Å². The number of hydrogen-bond acceptors (Lipinski definition) is 6.